The molecule has 0 atom stereocenters. The average Bonchev–Trinajstić information content (AvgIpc) is 2.36. The lowest BCUT2D eigenvalue weighted by molar-refractivity contribution is 0.451. The van der Waals surface area contributed by atoms with Gasteiger partial charge in [-0.15, -0.1) is 0 Å². The van der Waals surface area contributed by atoms with Gasteiger partial charge in [0.1, 0.15) is 17.9 Å². The first-order valence-corrected chi connectivity index (χ1v) is 6.82. The van der Waals surface area contributed by atoms with Crippen molar-refractivity contribution < 1.29 is 4.74 Å². The largest absolute Gasteiger partial charge is 0.437 e. The number of nitrogen functional groups attached to an aromatic ring is 1. The van der Waals surface area contributed by atoms with E-state index in [1.165, 1.54) is 6.33 Å². The Labute approximate surface area is 120 Å². The number of benzene rings is 1. The molecule has 1 aromatic carbocycles. The van der Waals surface area contributed by atoms with Gasteiger partial charge in [-0.2, -0.15) is 0 Å². The summed E-state index contributed by atoms with van der Waals surface area (Å²) in [4.78, 5) is 8.19. The van der Waals surface area contributed by atoms with Gasteiger partial charge in [0.05, 0.1) is 9.13 Å². The Kier molecular flexibility index (Phi) is 4.35. The predicted octanol–water partition coefficient (Wildman–Crippen LogP) is 3.41. The van der Waals surface area contributed by atoms with Crippen LogP contribution in [0.2, 0.25) is 0 Å². The van der Waals surface area contributed by atoms with Crippen molar-refractivity contribution in [1.82, 2.24) is 9.97 Å². The van der Waals surface area contributed by atoms with Gasteiger partial charge in [0, 0.05) is 0 Å². The minimum atomic E-state index is 0.493. The number of nitrogens with two attached hydrogens (primary N) is 1. The maximum Gasteiger partial charge on any atom is 0.227 e. The van der Waals surface area contributed by atoms with Crippen LogP contribution in [0.3, 0.4) is 0 Å². The first-order valence-electron chi connectivity index (χ1n) is 5.74. The van der Waals surface area contributed by atoms with Crippen LogP contribution in [-0.4, -0.2) is 9.97 Å². The summed E-state index contributed by atoms with van der Waals surface area (Å²) < 4.78 is 6.87. The second-order valence-electron chi connectivity index (χ2n) is 3.83. The number of rotatable bonds is 4. The third kappa shape index (κ3) is 2.90. The third-order valence-electron chi connectivity index (χ3n) is 2.48. The van der Waals surface area contributed by atoms with Gasteiger partial charge in [0.2, 0.25) is 5.88 Å². The summed E-state index contributed by atoms with van der Waals surface area (Å²) in [5.41, 5.74) is 6.74. The average molecular weight is 355 g/mol. The summed E-state index contributed by atoms with van der Waals surface area (Å²) in [5, 5.41) is 0. The van der Waals surface area contributed by atoms with Crippen LogP contribution in [0, 0.1) is 3.57 Å². The summed E-state index contributed by atoms with van der Waals surface area (Å²) in [7, 11) is 0. The smallest absolute Gasteiger partial charge is 0.227 e. The van der Waals surface area contributed by atoms with E-state index in [0.29, 0.717) is 11.7 Å². The van der Waals surface area contributed by atoms with Crippen molar-refractivity contribution >= 4 is 28.4 Å². The lowest BCUT2D eigenvalue weighted by Gasteiger charge is -2.11. The second-order valence-corrected chi connectivity index (χ2v) is 4.99. The Morgan fingerprint density at radius 3 is 2.78 bits per heavy atom. The molecular weight excluding hydrogens is 341 g/mol. The van der Waals surface area contributed by atoms with E-state index in [0.717, 1.165) is 27.7 Å². The van der Waals surface area contributed by atoms with Gasteiger partial charge in [-0.05, 0) is 41.1 Å². The molecule has 2 aromatic rings. The number of nitrogens with zero attached hydrogens (tertiary/aromatic N) is 2. The van der Waals surface area contributed by atoms with E-state index in [1.807, 2.05) is 24.3 Å². The zero-order valence-electron chi connectivity index (χ0n) is 10.1. The van der Waals surface area contributed by atoms with Crippen molar-refractivity contribution in [3.8, 4) is 11.6 Å². The number of ether oxygens (including phenoxy) is 1. The van der Waals surface area contributed by atoms with E-state index >= 15 is 0 Å². The van der Waals surface area contributed by atoms with Gasteiger partial charge in [0.15, 0.2) is 0 Å². The van der Waals surface area contributed by atoms with Gasteiger partial charge >= 0.3 is 0 Å². The van der Waals surface area contributed by atoms with Crippen LogP contribution in [0.4, 0.5) is 5.82 Å². The molecule has 0 spiro atoms. The van der Waals surface area contributed by atoms with E-state index in [-0.39, 0.29) is 0 Å². The summed E-state index contributed by atoms with van der Waals surface area (Å²) in [6.45, 7) is 2.09. The molecule has 0 saturated carbocycles. The van der Waals surface area contributed by atoms with Crippen molar-refractivity contribution in [1.29, 1.82) is 0 Å². The molecule has 2 rings (SSSR count). The Morgan fingerprint density at radius 2 is 2.06 bits per heavy atom. The van der Waals surface area contributed by atoms with Crippen molar-refractivity contribution in [3.63, 3.8) is 0 Å². The molecule has 18 heavy (non-hydrogen) atoms. The number of anilines is 1. The minimum Gasteiger partial charge on any atom is -0.437 e. The molecule has 0 amide bonds. The number of hydrogen-bond acceptors (Lipinski definition) is 4. The SMILES string of the molecule is CCCc1c(N)ncnc1Oc1ccccc1I. The van der Waals surface area contributed by atoms with Gasteiger partial charge in [-0.1, -0.05) is 25.5 Å². The number of hydrogen-bond donors (Lipinski definition) is 1. The van der Waals surface area contributed by atoms with E-state index < -0.39 is 0 Å². The minimum absolute atomic E-state index is 0.493. The number of para-hydroxylation sites is 1. The van der Waals surface area contributed by atoms with Crippen molar-refractivity contribution in [3.05, 3.63) is 39.7 Å². The topological polar surface area (TPSA) is 61.0 Å². The molecule has 2 N–H and O–H groups in total. The zero-order chi connectivity index (χ0) is 13.0. The molecule has 0 radical (unpaired) electrons. The van der Waals surface area contributed by atoms with Crippen molar-refractivity contribution in [2.45, 2.75) is 19.8 Å². The fourth-order valence-corrected chi connectivity index (χ4v) is 2.11. The van der Waals surface area contributed by atoms with E-state index in [4.69, 9.17) is 10.5 Å². The zero-order valence-corrected chi connectivity index (χ0v) is 12.2. The first kappa shape index (κ1) is 13.1. The van der Waals surface area contributed by atoms with Gasteiger partial charge in [0.25, 0.3) is 0 Å². The number of aromatic nitrogens is 2. The van der Waals surface area contributed by atoms with Crippen LogP contribution in [-0.2, 0) is 6.42 Å². The normalized spacial score (nSPS) is 10.3. The lowest BCUT2D eigenvalue weighted by atomic mass is 10.2. The molecule has 0 bridgehead atoms. The highest BCUT2D eigenvalue weighted by molar-refractivity contribution is 14.1. The summed E-state index contributed by atoms with van der Waals surface area (Å²) in [6.07, 6.45) is 3.21. The Balaban J connectivity index is 2.34. The predicted molar refractivity (Wildman–Crippen MR) is 79.7 cm³/mol. The van der Waals surface area contributed by atoms with Gasteiger partial charge < -0.3 is 10.5 Å². The molecule has 0 aliphatic heterocycles. The van der Waals surface area contributed by atoms with Crippen molar-refractivity contribution in [2.24, 2.45) is 0 Å². The molecule has 1 aromatic heterocycles. The highest BCUT2D eigenvalue weighted by Crippen LogP contribution is 2.29. The van der Waals surface area contributed by atoms with Crippen LogP contribution in [0.25, 0.3) is 0 Å². The fourth-order valence-electron chi connectivity index (χ4n) is 1.61. The number of halogens is 1. The maximum atomic E-state index is 5.87. The molecule has 5 heteroatoms. The molecule has 0 saturated heterocycles. The molecule has 0 fully saturated rings. The monoisotopic (exact) mass is 355 g/mol. The quantitative estimate of drug-likeness (QED) is 0.854. The Bertz CT molecular complexity index is 546. The van der Waals surface area contributed by atoms with E-state index in [9.17, 15) is 0 Å². The molecule has 94 valence electrons. The lowest BCUT2D eigenvalue weighted by Crippen LogP contribution is -2.03. The maximum absolute atomic E-state index is 5.87. The van der Waals surface area contributed by atoms with Crippen LogP contribution in [0.1, 0.15) is 18.9 Å². The molecule has 0 aliphatic carbocycles. The molecule has 0 aliphatic rings. The standard InChI is InChI=1S/C13H14IN3O/c1-2-5-9-12(15)16-8-17-13(9)18-11-7-4-3-6-10(11)14/h3-4,6-8H,2,5H2,1H3,(H2,15,16,17). The van der Waals surface area contributed by atoms with Crippen molar-refractivity contribution in [2.75, 3.05) is 5.73 Å². The van der Waals surface area contributed by atoms with E-state index in [1.54, 1.807) is 0 Å². The van der Waals surface area contributed by atoms with Crippen LogP contribution in [0.15, 0.2) is 30.6 Å². The molecule has 0 unspecified atom stereocenters. The highest BCUT2D eigenvalue weighted by Gasteiger charge is 2.11. The second kappa shape index (κ2) is 5.99. The molecule has 4 nitrogen and oxygen atoms in total. The van der Waals surface area contributed by atoms with Crippen LogP contribution in [0.5, 0.6) is 11.6 Å². The molecule has 1 heterocycles. The van der Waals surface area contributed by atoms with Crippen LogP contribution < -0.4 is 10.5 Å². The molecular formula is C13H14IN3O. The Hall–Kier alpha value is -1.37. The van der Waals surface area contributed by atoms with E-state index in [2.05, 4.69) is 39.5 Å². The first-order chi connectivity index (χ1) is 8.72. The van der Waals surface area contributed by atoms with Crippen LogP contribution >= 0.6 is 22.6 Å². The van der Waals surface area contributed by atoms with Gasteiger partial charge in [-0.25, -0.2) is 9.97 Å². The van der Waals surface area contributed by atoms with Gasteiger partial charge in [-0.3, -0.25) is 0 Å². The third-order valence-corrected chi connectivity index (χ3v) is 3.37. The summed E-state index contributed by atoms with van der Waals surface area (Å²) in [5.74, 6) is 1.83. The Morgan fingerprint density at radius 1 is 1.28 bits per heavy atom. The summed E-state index contributed by atoms with van der Waals surface area (Å²) >= 11 is 2.23. The highest BCUT2D eigenvalue weighted by atomic mass is 127. The summed E-state index contributed by atoms with van der Waals surface area (Å²) in [6, 6.07) is 7.80. The fraction of sp³-hybridized carbons (Fsp3) is 0.231.